The molecular formula is C26H52O4. The second-order valence-electron chi connectivity index (χ2n) is 8.64. The molecule has 0 fully saturated rings. The van der Waals surface area contributed by atoms with Gasteiger partial charge < -0.3 is 14.2 Å². The molecule has 4 heteroatoms. The number of hydrogen-bond acceptors (Lipinski definition) is 4. The molecule has 1 unspecified atom stereocenters. The van der Waals surface area contributed by atoms with E-state index < -0.39 is 0 Å². The zero-order valence-electron chi connectivity index (χ0n) is 20.6. The molecule has 4 nitrogen and oxygen atoms in total. The largest absolute Gasteiger partial charge is 0.465 e. The molecule has 0 N–H and O–H groups in total. The quantitative estimate of drug-likeness (QED) is 0.118. The van der Waals surface area contributed by atoms with Crippen molar-refractivity contribution >= 4 is 5.97 Å². The van der Waals surface area contributed by atoms with Gasteiger partial charge in [-0.2, -0.15) is 0 Å². The molecule has 0 aromatic rings. The molecule has 0 aliphatic rings. The minimum absolute atomic E-state index is 0.0759. The number of rotatable bonds is 24. The smallest absolute Gasteiger partial charge is 0.305 e. The molecule has 0 aromatic carbocycles. The zero-order chi connectivity index (χ0) is 22.1. The van der Waals surface area contributed by atoms with E-state index in [4.69, 9.17) is 14.2 Å². The van der Waals surface area contributed by atoms with Gasteiger partial charge in [-0.3, -0.25) is 4.79 Å². The molecule has 0 aromatic heterocycles. The second-order valence-corrected chi connectivity index (χ2v) is 8.64. The molecule has 0 aliphatic carbocycles. The van der Waals surface area contributed by atoms with E-state index in [-0.39, 0.29) is 5.97 Å². The Morgan fingerprint density at radius 2 is 1.13 bits per heavy atom. The van der Waals surface area contributed by atoms with Gasteiger partial charge in [-0.05, 0) is 31.6 Å². The third kappa shape index (κ3) is 22.1. The highest BCUT2D eigenvalue weighted by Gasteiger charge is 2.12. The second kappa shape index (κ2) is 24.7. The SMILES string of the molecule is CCCCCCCCOCCOCCCC(=O)OCC(CCCC)CCCCCC. The van der Waals surface area contributed by atoms with Crippen LogP contribution in [-0.2, 0) is 19.0 Å². The van der Waals surface area contributed by atoms with Crippen molar-refractivity contribution in [3.63, 3.8) is 0 Å². The molecule has 0 spiro atoms. The van der Waals surface area contributed by atoms with Gasteiger partial charge in [0.2, 0.25) is 0 Å². The van der Waals surface area contributed by atoms with Crippen LogP contribution in [0.2, 0.25) is 0 Å². The molecule has 0 heterocycles. The highest BCUT2D eigenvalue weighted by Crippen LogP contribution is 2.18. The van der Waals surface area contributed by atoms with Crippen molar-refractivity contribution < 1.29 is 19.0 Å². The Bertz CT molecular complexity index is 346. The third-order valence-corrected chi connectivity index (χ3v) is 5.60. The fourth-order valence-electron chi connectivity index (χ4n) is 3.57. The van der Waals surface area contributed by atoms with Gasteiger partial charge in [0, 0.05) is 19.6 Å². The van der Waals surface area contributed by atoms with Crippen molar-refractivity contribution in [2.24, 2.45) is 5.92 Å². The van der Waals surface area contributed by atoms with Crippen LogP contribution >= 0.6 is 0 Å². The first kappa shape index (κ1) is 29.4. The average molecular weight is 429 g/mol. The van der Waals surface area contributed by atoms with Crippen LogP contribution in [-0.4, -0.2) is 39.0 Å². The van der Waals surface area contributed by atoms with Crippen molar-refractivity contribution in [2.75, 3.05) is 33.0 Å². The summed E-state index contributed by atoms with van der Waals surface area (Å²) in [7, 11) is 0. The van der Waals surface area contributed by atoms with E-state index in [1.807, 2.05) is 0 Å². The maximum atomic E-state index is 12.0. The lowest BCUT2D eigenvalue weighted by Gasteiger charge is -2.16. The van der Waals surface area contributed by atoms with E-state index in [1.165, 1.54) is 83.5 Å². The van der Waals surface area contributed by atoms with Crippen LogP contribution in [0.25, 0.3) is 0 Å². The predicted molar refractivity (Wildman–Crippen MR) is 127 cm³/mol. The fraction of sp³-hybridized carbons (Fsp3) is 0.962. The lowest BCUT2D eigenvalue weighted by atomic mass is 9.96. The summed E-state index contributed by atoms with van der Waals surface area (Å²) in [6.45, 7) is 10.00. The van der Waals surface area contributed by atoms with Gasteiger partial charge in [0.15, 0.2) is 0 Å². The Balaban J connectivity index is 3.52. The van der Waals surface area contributed by atoms with Crippen molar-refractivity contribution in [2.45, 2.75) is 124 Å². The average Bonchev–Trinajstić information content (AvgIpc) is 2.75. The van der Waals surface area contributed by atoms with Crippen LogP contribution in [0.3, 0.4) is 0 Å². The minimum Gasteiger partial charge on any atom is -0.465 e. The Labute approximate surface area is 187 Å². The summed E-state index contributed by atoms with van der Waals surface area (Å²) in [5.41, 5.74) is 0. The molecular weight excluding hydrogens is 376 g/mol. The summed E-state index contributed by atoms with van der Waals surface area (Å²) < 4.78 is 16.7. The van der Waals surface area contributed by atoms with Crippen LogP contribution in [0.4, 0.5) is 0 Å². The standard InChI is InChI=1S/C26H52O4/c1-4-7-10-12-13-15-20-28-22-23-29-21-16-19-26(27)30-24-25(17-9-6-3)18-14-11-8-5-2/h25H,4-24H2,1-3H3. The first-order chi connectivity index (χ1) is 14.7. The van der Waals surface area contributed by atoms with Crippen LogP contribution in [0.1, 0.15) is 124 Å². The highest BCUT2D eigenvalue weighted by molar-refractivity contribution is 5.69. The maximum absolute atomic E-state index is 12.0. The van der Waals surface area contributed by atoms with Gasteiger partial charge in [0.1, 0.15) is 0 Å². The number of ether oxygens (including phenoxy) is 3. The van der Waals surface area contributed by atoms with E-state index >= 15 is 0 Å². The van der Waals surface area contributed by atoms with Gasteiger partial charge in [0.25, 0.3) is 0 Å². The van der Waals surface area contributed by atoms with Gasteiger partial charge in [0.05, 0.1) is 19.8 Å². The summed E-state index contributed by atoms with van der Waals surface area (Å²) in [5, 5.41) is 0. The minimum atomic E-state index is -0.0759. The lowest BCUT2D eigenvalue weighted by Crippen LogP contribution is -2.15. The molecule has 0 bridgehead atoms. The summed E-state index contributed by atoms with van der Waals surface area (Å²) in [6.07, 6.45) is 18.8. The fourth-order valence-corrected chi connectivity index (χ4v) is 3.57. The molecule has 0 saturated heterocycles. The molecule has 30 heavy (non-hydrogen) atoms. The maximum Gasteiger partial charge on any atom is 0.305 e. The molecule has 0 aliphatic heterocycles. The normalized spacial score (nSPS) is 12.2. The van der Waals surface area contributed by atoms with E-state index in [9.17, 15) is 4.79 Å². The molecule has 180 valence electrons. The van der Waals surface area contributed by atoms with Crippen molar-refractivity contribution in [3.05, 3.63) is 0 Å². The van der Waals surface area contributed by atoms with Crippen LogP contribution < -0.4 is 0 Å². The van der Waals surface area contributed by atoms with E-state index in [0.717, 1.165) is 19.4 Å². The van der Waals surface area contributed by atoms with E-state index in [2.05, 4.69) is 20.8 Å². The molecule has 1 atom stereocenters. The van der Waals surface area contributed by atoms with Crippen LogP contribution in [0.5, 0.6) is 0 Å². The zero-order valence-corrected chi connectivity index (χ0v) is 20.6. The van der Waals surface area contributed by atoms with Gasteiger partial charge in [-0.15, -0.1) is 0 Å². The molecule has 0 radical (unpaired) electrons. The Kier molecular flexibility index (Phi) is 24.2. The Morgan fingerprint density at radius 3 is 1.80 bits per heavy atom. The number of hydrogen-bond donors (Lipinski definition) is 0. The number of carbonyl (C=O) groups is 1. The van der Waals surface area contributed by atoms with Gasteiger partial charge in [-0.1, -0.05) is 91.4 Å². The highest BCUT2D eigenvalue weighted by atomic mass is 16.5. The summed E-state index contributed by atoms with van der Waals surface area (Å²) in [5.74, 6) is 0.457. The Morgan fingerprint density at radius 1 is 0.600 bits per heavy atom. The van der Waals surface area contributed by atoms with Gasteiger partial charge >= 0.3 is 5.97 Å². The monoisotopic (exact) mass is 428 g/mol. The number of esters is 1. The molecule has 0 rings (SSSR count). The predicted octanol–water partition coefficient (Wildman–Crippen LogP) is 7.48. The summed E-state index contributed by atoms with van der Waals surface area (Å²) >= 11 is 0. The van der Waals surface area contributed by atoms with Crippen molar-refractivity contribution in [1.82, 2.24) is 0 Å². The van der Waals surface area contributed by atoms with Gasteiger partial charge in [-0.25, -0.2) is 0 Å². The number of carbonyl (C=O) groups excluding carboxylic acids is 1. The third-order valence-electron chi connectivity index (χ3n) is 5.60. The lowest BCUT2D eigenvalue weighted by molar-refractivity contribution is -0.145. The Hall–Kier alpha value is -0.610. The van der Waals surface area contributed by atoms with Crippen LogP contribution in [0, 0.1) is 5.92 Å². The summed E-state index contributed by atoms with van der Waals surface area (Å²) in [4.78, 5) is 12.0. The topological polar surface area (TPSA) is 44.8 Å². The first-order valence-electron chi connectivity index (χ1n) is 13.1. The molecule has 0 amide bonds. The first-order valence-corrected chi connectivity index (χ1v) is 13.1. The van der Waals surface area contributed by atoms with Crippen molar-refractivity contribution in [1.29, 1.82) is 0 Å². The summed E-state index contributed by atoms with van der Waals surface area (Å²) in [6, 6.07) is 0. The van der Waals surface area contributed by atoms with Crippen LogP contribution in [0.15, 0.2) is 0 Å². The van der Waals surface area contributed by atoms with E-state index in [0.29, 0.717) is 38.8 Å². The van der Waals surface area contributed by atoms with Crippen molar-refractivity contribution in [3.8, 4) is 0 Å². The van der Waals surface area contributed by atoms with E-state index in [1.54, 1.807) is 0 Å². The molecule has 0 saturated carbocycles. The number of unbranched alkanes of at least 4 members (excludes halogenated alkanes) is 9.